The smallest absolute Gasteiger partial charge is 0.338 e. The number of carbonyl (C=O) groups excluding carboxylic acids is 3. The molecular weight excluding hydrogens is 264 g/mol. The molecule has 0 saturated carbocycles. The van der Waals surface area contributed by atoms with Gasteiger partial charge >= 0.3 is 17.9 Å². The molecule has 1 aromatic carbocycles. The van der Waals surface area contributed by atoms with Crippen molar-refractivity contribution in [2.75, 3.05) is 20.3 Å². The van der Waals surface area contributed by atoms with Crippen molar-refractivity contribution in [1.82, 2.24) is 0 Å². The molecule has 0 amide bonds. The molecule has 0 aromatic heterocycles. The number of hydrogen-bond donors (Lipinski definition) is 0. The maximum atomic E-state index is 11.7. The number of esters is 3. The van der Waals surface area contributed by atoms with Crippen LogP contribution in [0.25, 0.3) is 0 Å². The molecule has 0 bridgehead atoms. The Kier molecular flexibility index (Phi) is 5.71. The van der Waals surface area contributed by atoms with Crippen LogP contribution >= 0.6 is 0 Å². The van der Waals surface area contributed by atoms with Crippen molar-refractivity contribution < 1.29 is 28.6 Å². The molecule has 0 atom stereocenters. The van der Waals surface area contributed by atoms with E-state index in [4.69, 9.17) is 9.47 Å². The highest BCUT2D eigenvalue weighted by atomic mass is 16.5. The third-order valence-corrected chi connectivity index (χ3v) is 2.38. The summed E-state index contributed by atoms with van der Waals surface area (Å²) in [7, 11) is 1.21. The first-order valence-corrected chi connectivity index (χ1v) is 6.11. The topological polar surface area (TPSA) is 78.9 Å². The predicted octanol–water partition coefficient (Wildman–Crippen LogP) is 1.83. The summed E-state index contributed by atoms with van der Waals surface area (Å²) in [5.41, 5.74) is 0.275. The van der Waals surface area contributed by atoms with Crippen molar-refractivity contribution in [3.8, 4) is 0 Å². The molecule has 0 aliphatic rings. The van der Waals surface area contributed by atoms with Crippen molar-refractivity contribution in [3.05, 3.63) is 34.9 Å². The summed E-state index contributed by atoms with van der Waals surface area (Å²) in [6.45, 7) is 3.70. The summed E-state index contributed by atoms with van der Waals surface area (Å²) in [5.74, 6) is -1.89. The molecular formula is C14H16O6. The summed E-state index contributed by atoms with van der Waals surface area (Å²) >= 11 is 0. The zero-order valence-corrected chi connectivity index (χ0v) is 11.6. The van der Waals surface area contributed by atoms with E-state index in [0.29, 0.717) is 0 Å². The van der Waals surface area contributed by atoms with Gasteiger partial charge in [-0.2, -0.15) is 0 Å². The van der Waals surface area contributed by atoms with Crippen molar-refractivity contribution in [2.24, 2.45) is 0 Å². The van der Waals surface area contributed by atoms with Crippen molar-refractivity contribution in [2.45, 2.75) is 13.8 Å². The first-order valence-electron chi connectivity index (χ1n) is 6.11. The van der Waals surface area contributed by atoms with Gasteiger partial charge < -0.3 is 14.2 Å². The Morgan fingerprint density at radius 1 is 0.800 bits per heavy atom. The van der Waals surface area contributed by atoms with E-state index in [9.17, 15) is 14.4 Å². The summed E-state index contributed by atoms with van der Waals surface area (Å²) in [5, 5.41) is 0. The number of methoxy groups -OCH3 is 1. The second-order valence-electron chi connectivity index (χ2n) is 3.73. The van der Waals surface area contributed by atoms with E-state index < -0.39 is 17.9 Å². The highest BCUT2D eigenvalue weighted by Gasteiger charge is 2.17. The summed E-state index contributed by atoms with van der Waals surface area (Å²) < 4.78 is 14.3. The van der Waals surface area contributed by atoms with Crippen LogP contribution in [0.1, 0.15) is 44.9 Å². The second-order valence-corrected chi connectivity index (χ2v) is 3.73. The van der Waals surface area contributed by atoms with E-state index in [1.165, 1.54) is 25.3 Å². The molecule has 20 heavy (non-hydrogen) atoms. The Labute approximate surface area is 116 Å². The molecule has 0 aliphatic heterocycles. The van der Waals surface area contributed by atoms with Crippen LogP contribution in [-0.4, -0.2) is 38.2 Å². The lowest BCUT2D eigenvalue weighted by Crippen LogP contribution is -2.12. The minimum absolute atomic E-state index is 0.0844. The van der Waals surface area contributed by atoms with E-state index in [0.717, 1.165) is 0 Å². The molecule has 0 unspecified atom stereocenters. The predicted molar refractivity (Wildman–Crippen MR) is 69.7 cm³/mol. The summed E-state index contributed by atoms with van der Waals surface area (Å²) in [6, 6.07) is 3.95. The molecule has 108 valence electrons. The van der Waals surface area contributed by atoms with Gasteiger partial charge in [-0.25, -0.2) is 14.4 Å². The maximum Gasteiger partial charge on any atom is 0.338 e. The molecule has 0 saturated heterocycles. The lowest BCUT2D eigenvalue weighted by Gasteiger charge is -2.08. The molecule has 0 N–H and O–H groups in total. The molecule has 0 fully saturated rings. The maximum absolute atomic E-state index is 11.7. The van der Waals surface area contributed by atoms with E-state index >= 15 is 0 Å². The highest BCUT2D eigenvalue weighted by molar-refractivity contribution is 6.00. The van der Waals surface area contributed by atoms with Crippen LogP contribution in [0.5, 0.6) is 0 Å². The van der Waals surface area contributed by atoms with Gasteiger partial charge in [-0.3, -0.25) is 0 Å². The van der Waals surface area contributed by atoms with Crippen molar-refractivity contribution >= 4 is 17.9 Å². The van der Waals surface area contributed by atoms with Gasteiger partial charge in [0.2, 0.25) is 0 Å². The average molecular weight is 280 g/mol. The zero-order chi connectivity index (χ0) is 15.1. The fraction of sp³-hybridized carbons (Fsp3) is 0.357. The lowest BCUT2D eigenvalue weighted by molar-refractivity contribution is 0.0525. The number of carbonyl (C=O) groups is 3. The number of ether oxygens (including phenoxy) is 3. The zero-order valence-electron chi connectivity index (χ0n) is 11.6. The third kappa shape index (κ3) is 3.81. The minimum atomic E-state index is -0.651. The van der Waals surface area contributed by atoms with Gasteiger partial charge in [0.15, 0.2) is 0 Å². The van der Waals surface area contributed by atoms with Crippen LogP contribution < -0.4 is 0 Å². The molecule has 1 aromatic rings. The van der Waals surface area contributed by atoms with Crippen LogP contribution in [0.15, 0.2) is 18.2 Å². The quantitative estimate of drug-likeness (QED) is 0.604. The second kappa shape index (κ2) is 7.28. The van der Waals surface area contributed by atoms with E-state index in [2.05, 4.69) is 4.74 Å². The summed E-state index contributed by atoms with van der Waals surface area (Å²) in [6.07, 6.45) is 0. The monoisotopic (exact) mass is 280 g/mol. The summed E-state index contributed by atoms with van der Waals surface area (Å²) in [4.78, 5) is 35.0. The molecule has 1 rings (SSSR count). The molecule has 6 nitrogen and oxygen atoms in total. The first kappa shape index (κ1) is 15.7. The van der Waals surface area contributed by atoms with Gasteiger partial charge in [-0.1, -0.05) is 0 Å². The van der Waals surface area contributed by atoms with Crippen LogP contribution in [0.4, 0.5) is 0 Å². The number of benzene rings is 1. The van der Waals surface area contributed by atoms with Gasteiger partial charge in [0.05, 0.1) is 37.0 Å². The first-order chi connectivity index (χ1) is 9.53. The molecule has 0 radical (unpaired) electrons. The number of rotatable bonds is 5. The van der Waals surface area contributed by atoms with Gasteiger partial charge in [-0.05, 0) is 32.0 Å². The van der Waals surface area contributed by atoms with Gasteiger partial charge in [0.1, 0.15) is 0 Å². The highest BCUT2D eigenvalue weighted by Crippen LogP contribution is 2.14. The lowest BCUT2D eigenvalue weighted by atomic mass is 10.1. The molecule has 0 aliphatic carbocycles. The Bertz CT molecular complexity index is 484. The average Bonchev–Trinajstić information content (AvgIpc) is 2.46. The molecule has 0 spiro atoms. The normalized spacial score (nSPS) is 9.75. The fourth-order valence-electron chi connectivity index (χ4n) is 1.53. The van der Waals surface area contributed by atoms with Crippen LogP contribution in [-0.2, 0) is 14.2 Å². The van der Waals surface area contributed by atoms with Gasteiger partial charge in [0, 0.05) is 0 Å². The van der Waals surface area contributed by atoms with Crippen LogP contribution in [0.2, 0.25) is 0 Å². The molecule has 6 heteroatoms. The Morgan fingerprint density at radius 2 is 1.15 bits per heavy atom. The van der Waals surface area contributed by atoms with E-state index in [1.54, 1.807) is 13.8 Å². The van der Waals surface area contributed by atoms with Gasteiger partial charge in [0.25, 0.3) is 0 Å². The third-order valence-electron chi connectivity index (χ3n) is 2.38. The fourth-order valence-corrected chi connectivity index (χ4v) is 1.53. The Morgan fingerprint density at radius 3 is 1.45 bits per heavy atom. The largest absolute Gasteiger partial charge is 0.465 e. The van der Waals surface area contributed by atoms with E-state index in [-0.39, 0.29) is 29.9 Å². The number of hydrogen-bond acceptors (Lipinski definition) is 6. The van der Waals surface area contributed by atoms with Crippen LogP contribution in [0.3, 0.4) is 0 Å². The van der Waals surface area contributed by atoms with Crippen molar-refractivity contribution in [1.29, 1.82) is 0 Å². The Balaban J connectivity index is 3.24. The van der Waals surface area contributed by atoms with Gasteiger partial charge in [-0.15, -0.1) is 0 Å². The van der Waals surface area contributed by atoms with Crippen LogP contribution in [0, 0.1) is 0 Å². The van der Waals surface area contributed by atoms with Crippen molar-refractivity contribution in [3.63, 3.8) is 0 Å². The molecule has 0 heterocycles. The Hall–Kier alpha value is -2.37. The van der Waals surface area contributed by atoms with E-state index in [1.807, 2.05) is 0 Å². The SMILES string of the molecule is CCOC(=O)c1cc(C(=O)OC)cc(C(=O)OCC)c1. The minimum Gasteiger partial charge on any atom is -0.465 e. The standard InChI is InChI=1S/C14H16O6/c1-4-19-13(16)10-6-9(12(15)18-3)7-11(8-10)14(17)20-5-2/h6-8H,4-5H2,1-3H3.